The Morgan fingerprint density at radius 3 is 1.42 bits per heavy atom. The number of aryl methyl sites for hydroxylation is 6. The number of fused-ring (bicyclic) bond motifs is 7. The zero-order chi connectivity index (χ0) is 36.2. The average molecular weight is 745 g/mol. The summed E-state index contributed by atoms with van der Waals surface area (Å²) in [5.74, 6) is 0.403. The summed E-state index contributed by atoms with van der Waals surface area (Å²) in [6.07, 6.45) is 0. The molecule has 9 rings (SSSR count). The molecule has 0 radical (unpaired) electrons. The monoisotopic (exact) mass is 746 g/mol. The molecule has 2 heterocycles. The average Bonchev–Trinajstić information content (AvgIpc) is 3.63. The molecule has 3 aliphatic rings. The van der Waals surface area contributed by atoms with E-state index in [0.717, 1.165) is 22.6 Å². The van der Waals surface area contributed by atoms with Gasteiger partial charge in [0.05, 0.1) is 0 Å². The first-order chi connectivity index (χ1) is 25.1. The maximum atomic E-state index is 8.52. The van der Waals surface area contributed by atoms with Crippen LogP contribution in [0.5, 0.6) is 11.5 Å². The number of methoxy groups -OCH3 is 2. The van der Waals surface area contributed by atoms with E-state index in [9.17, 15) is 0 Å². The van der Waals surface area contributed by atoms with E-state index in [2.05, 4.69) is 151 Å². The fourth-order valence-corrected chi connectivity index (χ4v) is 24.6. The molecule has 2 aliphatic heterocycles. The second-order valence-corrected chi connectivity index (χ2v) is 22.0. The first-order valence-electron chi connectivity index (χ1n) is 18.1. The Hall–Kier alpha value is -4.62. The summed E-state index contributed by atoms with van der Waals surface area (Å²) in [5, 5.41) is 0. The third-order valence-corrected chi connectivity index (χ3v) is 23.6. The van der Waals surface area contributed by atoms with Crippen LogP contribution in [0.3, 0.4) is 0 Å². The van der Waals surface area contributed by atoms with Crippen molar-refractivity contribution in [1.82, 2.24) is 0 Å². The SMILES string of the molecule is COc1cccc(C23OC2(c2cccc(OC)c2)[C]2(c4ccccc4-c4ccccc42)[Ge]([c]2c(C)cc(C)cc2C)([c]2c(C)cc(C)cc2C)[O]3)c1. The fourth-order valence-electron chi connectivity index (χ4n) is 10.7. The number of benzene rings is 6. The number of ether oxygens (including phenoxy) is 3. The van der Waals surface area contributed by atoms with Crippen LogP contribution in [0.1, 0.15) is 55.6 Å². The van der Waals surface area contributed by atoms with Gasteiger partial charge in [-0.2, -0.15) is 0 Å². The molecule has 260 valence electrons. The van der Waals surface area contributed by atoms with Crippen molar-refractivity contribution in [3.63, 3.8) is 0 Å². The predicted molar refractivity (Wildman–Crippen MR) is 210 cm³/mol. The van der Waals surface area contributed by atoms with Gasteiger partial charge in [0.1, 0.15) is 0 Å². The molecule has 4 nitrogen and oxygen atoms in total. The molecule has 2 fully saturated rings. The molecule has 0 amide bonds. The van der Waals surface area contributed by atoms with Crippen LogP contribution < -0.4 is 18.3 Å². The number of rotatable bonds is 6. The van der Waals surface area contributed by atoms with Gasteiger partial charge in [-0.15, -0.1) is 0 Å². The van der Waals surface area contributed by atoms with E-state index in [1.807, 2.05) is 12.1 Å². The van der Waals surface area contributed by atoms with E-state index in [-0.39, 0.29) is 0 Å². The third kappa shape index (κ3) is 3.95. The van der Waals surface area contributed by atoms with E-state index in [1.54, 1.807) is 14.2 Å². The van der Waals surface area contributed by atoms with Crippen LogP contribution >= 0.6 is 0 Å². The fraction of sp³-hybridized carbons (Fsp3) is 0.234. The molecule has 52 heavy (non-hydrogen) atoms. The summed E-state index contributed by atoms with van der Waals surface area (Å²) in [6, 6.07) is 44.4. The normalized spacial score (nSPS) is 21.4. The van der Waals surface area contributed by atoms with Gasteiger partial charge in [-0.25, -0.2) is 0 Å². The van der Waals surface area contributed by atoms with Crippen LogP contribution in [0.15, 0.2) is 121 Å². The van der Waals surface area contributed by atoms with E-state index in [4.69, 9.17) is 18.0 Å². The Bertz CT molecular complexity index is 2300. The molecule has 5 heteroatoms. The van der Waals surface area contributed by atoms with Gasteiger partial charge in [-0.05, 0) is 0 Å². The van der Waals surface area contributed by atoms with Gasteiger partial charge in [0, 0.05) is 0 Å². The van der Waals surface area contributed by atoms with Crippen LogP contribution in [0.25, 0.3) is 11.1 Å². The van der Waals surface area contributed by atoms with Crippen LogP contribution in [0, 0.1) is 41.5 Å². The van der Waals surface area contributed by atoms with Crippen LogP contribution in [-0.2, 0) is 24.1 Å². The first kappa shape index (κ1) is 33.2. The Labute approximate surface area is 310 Å². The van der Waals surface area contributed by atoms with Crippen molar-refractivity contribution >= 4 is 22.4 Å². The van der Waals surface area contributed by atoms with Gasteiger partial charge in [-0.1, -0.05) is 0 Å². The van der Waals surface area contributed by atoms with Gasteiger partial charge in [-0.3, -0.25) is 0 Å². The van der Waals surface area contributed by atoms with Gasteiger partial charge >= 0.3 is 311 Å². The number of hydrogen-bond acceptors (Lipinski definition) is 4. The standard InChI is InChI=1S/C47H44GeO4/c1-29-23-31(3)43(32(4)24-29)48(44-33(5)25-30(2)26-34(44)6)45(41-21-11-9-19-39(41)40-20-10-12-22-42(40)45)46(35-15-13-17-37(27-35)49-7)47(51-46,52-48)36-16-14-18-38(28-36)50-8/h9-28H,1-8H3. The Kier molecular flexibility index (Phi) is 7.31. The molecule has 0 bridgehead atoms. The molecule has 0 N–H and O–H groups in total. The molecule has 2 saturated heterocycles. The zero-order valence-corrected chi connectivity index (χ0v) is 33.3. The molecule has 1 spiro atoms. The van der Waals surface area contributed by atoms with Crippen molar-refractivity contribution in [3.8, 4) is 22.6 Å². The van der Waals surface area contributed by atoms with E-state index >= 15 is 0 Å². The topological polar surface area (TPSA) is 40.2 Å². The van der Waals surface area contributed by atoms with Crippen LogP contribution in [0.2, 0.25) is 0 Å². The van der Waals surface area contributed by atoms with Gasteiger partial charge in [0.15, 0.2) is 0 Å². The quantitative estimate of drug-likeness (QED) is 0.126. The van der Waals surface area contributed by atoms with Crippen molar-refractivity contribution in [1.29, 1.82) is 0 Å². The van der Waals surface area contributed by atoms with Crippen LogP contribution in [0.4, 0.5) is 0 Å². The molecule has 1 aliphatic carbocycles. The summed E-state index contributed by atoms with van der Waals surface area (Å²) in [6.45, 7) is 13.6. The van der Waals surface area contributed by atoms with Crippen molar-refractivity contribution in [2.45, 2.75) is 57.2 Å². The molecule has 6 aromatic rings. The number of hydrogen-bond donors (Lipinski definition) is 0. The van der Waals surface area contributed by atoms with Crippen LogP contribution in [-0.4, -0.2) is 27.8 Å². The van der Waals surface area contributed by atoms with Gasteiger partial charge in [0.2, 0.25) is 0 Å². The maximum absolute atomic E-state index is 8.52. The van der Waals surface area contributed by atoms with Crippen molar-refractivity contribution < 1.29 is 18.0 Å². The second kappa shape index (κ2) is 11.4. The van der Waals surface area contributed by atoms with Gasteiger partial charge < -0.3 is 0 Å². The van der Waals surface area contributed by atoms with Crippen molar-refractivity contribution in [2.75, 3.05) is 14.2 Å². The molecule has 0 aromatic heterocycles. The zero-order valence-electron chi connectivity index (χ0n) is 31.2. The first-order valence-corrected chi connectivity index (χ1v) is 22.2. The summed E-state index contributed by atoms with van der Waals surface area (Å²) >= 11 is -4.50. The van der Waals surface area contributed by atoms with E-state index in [1.165, 1.54) is 64.4 Å². The third-order valence-electron chi connectivity index (χ3n) is 12.0. The molecule has 6 aromatic carbocycles. The van der Waals surface area contributed by atoms with E-state index < -0.39 is 29.2 Å². The molecular weight excluding hydrogens is 701 g/mol. The molecule has 2 unspecified atom stereocenters. The van der Waals surface area contributed by atoms with Gasteiger partial charge in [0.25, 0.3) is 0 Å². The summed E-state index contributed by atoms with van der Waals surface area (Å²) in [4.78, 5) is 0. The predicted octanol–water partition coefficient (Wildman–Crippen LogP) is 8.93. The Morgan fingerprint density at radius 1 is 0.500 bits per heavy atom. The molecular formula is C47H44GeO4. The van der Waals surface area contributed by atoms with E-state index in [0.29, 0.717) is 0 Å². The summed E-state index contributed by atoms with van der Waals surface area (Å²) < 4.78 is 30.0. The summed E-state index contributed by atoms with van der Waals surface area (Å²) in [5.41, 5.74) is 13.6. The minimum absolute atomic E-state index is 0.745. The minimum atomic E-state index is -4.50. The van der Waals surface area contributed by atoms with Crippen molar-refractivity contribution in [3.05, 3.63) is 177 Å². The summed E-state index contributed by atoms with van der Waals surface area (Å²) in [7, 11) is 3.46. The number of epoxide rings is 1. The molecule has 2 atom stereocenters. The van der Waals surface area contributed by atoms with Crippen molar-refractivity contribution in [2.24, 2.45) is 0 Å². The molecule has 0 saturated carbocycles. The Balaban J connectivity index is 1.59. The second-order valence-electron chi connectivity index (χ2n) is 15.0. The Morgan fingerprint density at radius 2 is 0.942 bits per heavy atom.